The largest absolute Gasteiger partial charge is 0.493 e. The topological polar surface area (TPSA) is 90.7 Å². The van der Waals surface area contributed by atoms with Crippen LogP contribution < -0.4 is 19.6 Å². The molecule has 3 aromatic rings. The smallest absolute Gasteiger partial charge is 0.290 e. The third-order valence-electron chi connectivity index (χ3n) is 7.44. The molecule has 1 saturated heterocycles. The van der Waals surface area contributed by atoms with E-state index in [9.17, 15) is 9.59 Å². The number of methoxy groups -OCH3 is 3. The van der Waals surface area contributed by atoms with E-state index in [1.54, 1.807) is 24.1 Å². The van der Waals surface area contributed by atoms with Gasteiger partial charge in [-0.1, -0.05) is 13.0 Å². The van der Waals surface area contributed by atoms with Crippen molar-refractivity contribution in [2.45, 2.75) is 25.8 Å². The van der Waals surface area contributed by atoms with E-state index < -0.39 is 6.04 Å². The van der Waals surface area contributed by atoms with Gasteiger partial charge in [-0.15, -0.1) is 0 Å². The highest BCUT2D eigenvalue weighted by Gasteiger charge is 2.44. The van der Waals surface area contributed by atoms with Gasteiger partial charge in [0.25, 0.3) is 5.91 Å². The summed E-state index contributed by atoms with van der Waals surface area (Å²) in [5.41, 5.74) is 2.20. The Kier molecular flexibility index (Phi) is 7.58. The lowest BCUT2D eigenvalue weighted by atomic mass is 9.96. The Bertz CT molecular complexity index is 1390. The number of carbonyl (C=O) groups excluding carboxylic acids is 1. The zero-order valence-electron chi connectivity index (χ0n) is 22.4. The molecule has 1 aromatic heterocycles. The molecule has 3 heterocycles. The second kappa shape index (κ2) is 11.0. The summed E-state index contributed by atoms with van der Waals surface area (Å²) in [6.45, 7) is 6.46. The lowest BCUT2D eigenvalue weighted by Gasteiger charge is -2.30. The first-order valence-electron chi connectivity index (χ1n) is 13.0. The Balaban J connectivity index is 1.63. The fourth-order valence-corrected chi connectivity index (χ4v) is 5.47. The van der Waals surface area contributed by atoms with Gasteiger partial charge in [0, 0.05) is 31.7 Å². The summed E-state index contributed by atoms with van der Waals surface area (Å²) in [5, 5.41) is 0.468. The molecule has 2 aromatic carbocycles. The zero-order valence-corrected chi connectivity index (χ0v) is 22.4. The molecule has 1 unspecified atom stereocenters. The van der Waals surface area contributed by atoms with Crippen LogP contribution in [0.2, 0.25) is 0 Å². The highest BCUT2D eigenvalue weighted by atomic mass is 16.5. The van der Waals surface area contributed by atoms with E-state index in [1.807, 2.05) is 25.1 Å². The van der Waals surface area contributed by atoms with Crippen LogP contribution >= 0.6 is 0 Å². The number of amides is 1. The first-order valence-corrected chi connectivity index (χ1v) is 13.0. The third-order valence-corrected chi connectivity index (χ3v) is 7.44. The van der Waals surface area contributed by atoms with Crippen molar-refractivity contribution in [1.82, 2.24) is 9.80 Å². The Hall–Kier alpha value is -3.56. The van der Waals surface area contributed by atoms with Crippen LogP contribution in [0.25, 0.3) is 11.0 Å². The fourth-order valence-electron chi connectivity index (χ4n) is 5.47. The van der Waals surface area contributed by atoms with Crippen molar-refractivity contribution in [2.75, 3.05) is 60.7 Å². The summed E-state index contributed by atoms with van der Waals surface area (Å²) >= 11 is 0. The molecule has 0 saturated carbocycles. The standard InChI is InChI=1S/C29H34N2O7/c1-5-18-7-9-21-20(17-18)25(32)23-24(19-8-10-22(34-2)27(36-4)26(19)35-3)31(29(33)28(23)38-21)12-6-11-30-13-15-37-16-14-30/h7-10,17,24H,5-6,11-16H2,1-4H3. The van der Waals surface area contributed by atoms with E-state index in [1.165, 1.54) is 14.2 Å². The monoisotopic (exact) mass is 522 g/mol. The maximum Gasteiger partial charge on any atom is 0.290 e. The van der Waals surface area contributed by atoms with Gasteiger partial charge in [-0.2, -0.15) is 0 Å². The summed E-state index contributed by atoms with van der Waals surface area (Å²) in [4.78, 5) is 31.9. The molecule has 0 aliphatic carbocycles. The molecule has 9 heteroatoms. The van der Waals surface area contributed by atoms with Crippen LogP contribution in [0.5, 0.6) is 17.2 Å². The van der Waals surface area contributed by atoms with Crippen LogP contribution in [0.3, 0.4) is 0 Å². The molecule has 0 N–H and O–H groups in total. The van der Waals surface area contributed by atoms with Crippen molar-refractivity contribution >= 4 is 16.9 Å². The number of carbonyl (C=O) groups is 1. The minimum atomic E-state index is -0.692. The van der Waals surface area contributed by atoms with Crippen molar-refractivity contribution in [3.05, 3.63) is 63.0 Å². The molecule has 0 radical (unpaired) electrons. The van der Waals surface area contributed by atoms with E-state index in [0.717, 1.165) is 38.0 Å². The van der Waals surface area contributed by atoms with Crippen molar-refractivity contribution in [2.24, 2.45) is 0 Å². The molecule has 202 valence electrons. The molecule has 0 bridgehead atoms. The van der Waals surface area contributed by atoms with Gasteiger partial charge in [-0.05, 0) is 42.7 Å². The molecule has 1 fully saturated rings. The van der Waals surface area contributed by atoms with Crippen molar-refractivity contribution < 1.29 is 28.2 Å². The molecule has 38 heavy (non-hydrogen) atoms. The van der Waals surface area contributed by atoms with Gasteiger partial charge in [0.15, 0.2) is 16.9 Å². The maximum absolute atomic E-state index is 14.0. The molecule has 5 rings (SSSR count). The number of benzene rings is 2. The minimum absolute atomic E-state index is 0.0833. The second-order valence-electron chi connectivity index (χ2n) is 9.49. The summed E-state index contributed by atoms with van der Waals surface area (Å²) in [5.74, 6) is 1.09. The number of aryl methyl sites for hydroxylation is 1. The van der Waals surface area contributed by atoms with E-state index in [4.69, 9.17) is 23.4 Å². The van der Waals surface area contributed by atoms with Crippen molar-refractivity contribution in [3.8, 4) is 17.2 Å². The van der Waals surface area contributed by atoms with Gasteiger partial charge >= 0.3 is 0 Å². The Morgan fingerprint density at radius 3 is 2.39 bits per heavy atom. The number of morpholine rings is 1. The van der Waals surface area contributed by atoms with Crippen molar-refractivity contribution in [1.29, 1.82) is 0 Å². The zero-order chi connectivity index (χ0) is 26.8. The third kappa shape index (κ3) is 4.50. The second-order valence-corrected chi connectivity index (χ2v) is 9.49. The van der Waals surface area contributed by atoms with Gasteiger partial charge in [0.2, 0.25) is 11.5 Å². The van der Waals surface area contributed by atoms with E-state index in [0.29, 0.717) is 59.1 Å². The normalized spacial score (nSPS) is 17.6. The van der Waals surface area contributed by atoms with Gasteiger partial charge < -0.3 is 28.3 Å². The summed E-state index contributed by atoms with van der Waals surface area (Å²) in [7, 11) is 4.62. The van der Waals surface area contributed by atoms with Crippen LogP contribution in [0.15, 0.2) is 39.5 Å². The lowest BCUT2D eigenvalue weighted by molar-refractivity contribution is 0.0353. The lowest BCUT2D eigenvalue weighted by Crippen LogP contribution is -2.39. The number of fused-ring (bicyclic) bond motifs is 2. The number of ether oxygens (including phenoxy) is 4. The number of rotatable bonds is 9. The van der Waals surface area contributed by atoms with Gasteiger partial charge in [-0.3, -0.25) is 14.5 Å². The molecule has 1 atom stereocenters. The van der Waals surface area contributed by atoms with Crippen LogP contribution in [0, 0.1) is 0 Å². The molecule has 0 spiro atoms. The predicted octanol–water partition coefficient (Wildman–Crippen LogP) is 3.65. The van der Waals surface area contributed by atoms with Crippen molar-refractivity contribution in [3.63, 3.8) is 0 Å². The van der Waals surface area contributed by atoms with Crippen LogP contribution in [-0.4, -0.2) is 76.4 Å². The minimum Gasteiger partial charge on any atom is -0.493 e. The predicted molar refractivity (Wildman–Crippen MR) is 143 cm³/mol. The Labute approximate surface area is 221 Å². The van der Waals surface area contributed by atoms with E-state index in [2.05, 4.69) is 4.90 Å². The highest BCUT2D eigenvalue weighted by Crippen LogP contribution is 2.47. The average Bonchev–Trinajstić information content (AvgIpc) is 3.23. The molecular weight excluding hydrogens is 488 g/mol. The number of nitrogens with zero attached hydrogens (tertiary/aromatic N) is 2. The van der Waals surface area contributed by atoms with Gasteiger partial charge in [-0.25, -0.2) is 0 Å². The van der Waals surface area contributed by atoms with Gasteiger partial charge in [0.05, 0.1) is 51.5 Å². The van der Waals surface area contributed by atoms with Crippen LogP contribution in [-0.2, 0) is 11.2 Å². The molecule has 2 aliphatic heterocycles. The van der Waals surface area contributed by atoms with E-state index >= 15 is 0 Å². The summed E-state index contributed by atoms with van der Waals surface area (Å²) in [6, 6.07) is 8.46. The Morgan fingerprint density at radius 2 is 1.71 bits per heavy atom. The highest BCUT2D eigenvalue weighted by molar-refractivity contribution is 5.99. The van der Waals surface area contributed by atoms with Crippen LogP contribution in [0.4, 0.5) is 0 Å². The summed E-state index contributed by atoms with van der Waals surface area (Å²) in [6.07, 6.45) is 1.52. The average molecular weight is 523 g/mol. The SMILES string of the molecule is CCc1ccc2oc3c(c(=O)c2c1)C(c1ccc(OC)c(OC)c1OC)N(CCCN1CCOCC1)C3=O. The molecule has 2 aliphatic rings. The fraction of sp³-hybridized carbons (Fsp3) is 0.448. The Morgan fingerprint density at radius 1 is 0.947 bits per heavy atom. The molecular formula is C29H34N2O7. The number of hydrogen-bond acceptors (Lipinski definition) is 8. The number of hydrogen-bond donors (Lipinski definition) is 0. The van der Waals surface area contributed by atoms with E-state index in [-0.39, 0.29) is 17.1 Å². The summed E-state index contributed by atoms with van der Waals surface area (Å²) < 4.78 is 28.5. The van der Waals surface area contributed by atoms with Crippen LogP contribution in [0.1, 0.15) is 46.6 Å². The molecule has 9 nitrogen and oxygen atoms in total. The van der Waals surface area contributed by atoms with Gasteiger partial charge in [0.1, 0.15) is 5.58 Å². The maximum atomic E-state index is 14.0. The molecule has 1 amide bonds. The first kappa shape index (κ1) is 26.1. The quantitative estimate of drug-likeness (QED) is 0.421. The first-order chi connectivity index (χ1) is 18.5.